The summed E-state index contributed by atoms with van der Waals surface area (Å²) >= 11 is 0. The summed E-state index contributed by atoms with van der Waals surface area (Å²) in [4.78, 5) is 0. The van der Waals surface area contributed by atoms with Crippen LogP contribution < -0.4 is 0 Å². The molecule has 4 unspecified atom stereocenters. The molecule has 0 aromatic carbocycles. The van der Waals surface area contributed by atoms with E-state index in [2.05, 4.69) is 182 Å². The molecule has 0 radical (unpaired) electrons. The lowest BCUT2D eigenvalue weighted by Gasteiger charge is -2.35. The van der Waals surface area contributed by atoms with Crippen molar-refractivity contribution in [2.24, 2.45) is 23.7 Å². The first kappa shape index (κ1) is 29.4. The zero-order chi connectivity index (χ0) is 29.8. The Labute approximate surface area is 264 Å². The van der Waals surface area contributed by atoms with E-state index in [0.717, 1.165) is 25.7 Å². The van der Waals surface area contributed by atoms with E-state index >= 15 is 0 Å². The molecule has 6 rings (SSSR count). The van der Waals surface area contributed by atoms with Gasteiger partial charge < -0.3 is 0 Å². The van der Waals surface area contributed by atoms with Crippen molar-refractivity contribution in [3.05, 3.63) is 216 Å². The maximum absolute atomic E-state index is 2.42. The molecule has 6 aliphatic rings. The second kappa shape index (κ2) is 15.2. The van der Waals surface area contributed by atoms with Gasteiger partial charge in [0.25, 0.3) is 0 Å². The van der Waals surface area contributed by atoms with Crippen LogP contribution in [0.3, 0.4) is 0 Å². The van der Waals surface area contributed by atoms with Crippen molar-refractivity contribution < 1.29 is 0 Å². The van der Waals surface area contributed by atoms with E-state index in [1.54, 1.807) is 0 Å². The molecule has 0 heteroatoms. The minimum Gasteiger partial charge on any atom is -0.0842 e. The van der Waals surface area contributed by atoms with Gasteiger partial charge in [0.05, 0.1) is 0 Å². The highest BCUT2D eigenvalue weighted by molar-refractivity contribution is 5.53. The van der Waals surface area contributed by atoms with Crippen LogP contribution in [0.15, 0.2) is 216 Å². The van der Waals surface area contributed by atoms with Crippen molar-refractivity contribution in [3.63, 3.8) is 0 Å². The molecule has 4 atom stereocenters. The summed E-state index contributed by atoms with van der Waals surface area (Å²) in [5.74, 6) is 1.28. The normalized spacial score (nSPS) is 27.8. The molecule has 0 aromatic heterocycles. The molecular formula is C44H42. The summed E-state index contributed by atoms with van der Waals surface area (Å²) < 4.78 is 0. The fourth-order valence-corrected chi connectivity index (χ4v) is 6.83. The van der Waals surface area contributed by atoms with Crippen LogP contribution in [-0.2, 0) is 0 Å². The van der Waals surface area contributed by atoms with Gasteiger partial charge in [0, 0.05) is 23.7 Å². The van der Waals surface area contributed by atoms with E-state index in [1.165, 1.54) is 33.4 Å². The number of allylic oxidation sites excluding steroid dienone is 36. The Hall–Kier alpha value is -4.68. The van der Waals surface area contributed by atoms with Gasteiger partial charge in [0.1, 0.15) is 0 Å². The Morgan fingerprint density at radius 1 is 0.318 bits per heavy atom. The topological polar surface area (TPSA) is 0 Å². The summed E-state index contributed by atoms with van der Waals surface area (Å²) in [7, 11) is 0. The predicted octanol–water partition coefficient (Wildman–Crippen LogP) is 11.3. The molecule has 0 aliphatic heterocycles. The van der Waals surface area contributed by atoms with Crippen molar-refractivity contribution >= 4 is 0 Å². The largest absolute Gasteiger partial charge is 0.0842 e. The average Bonchev–Trinajstić information content (AvgIpc) is 3.07. The average molecular weight is 571 g/mol. The van der Waals surface area contributed by atoms with Crippen molar-refractivity contribution in [2.75, 3.05) is 0 Å². The van der Waals surface area contributed by atoms with Gasteiger partial charge >= 0.3 is 0 Å². The molecular weight excluding hydrogens is 528 g/mol. The Morgan fingerprint density at radius 3 is 1.52 bits per heavy atom. The van der Waals surface area contributed by atoms with Gasteiger partial charge in [-0.3, -0.25) is 0 Å². The fourth-order valence-electron chi connectivity index (χ4n) is 6.83. The van der Waals surface area contributed by atoms with Crippen LogP contribution >= 0.6 is 0 Å². The number of hydrogen-bond acceptors (Lipinski definition) is 0. The minimum absolute atomic E-state index is 0.244. The van der Waals surface area contributed by atoms with Gasteiger partial charge in [0.15, 0.2) is 0 Å². The number of rotatable bonds is 3. The molecule has 6 aliphatic carbocycles. The Balaban J connectivity index is 1.34. The molecule has 0 saturated heterocycles. The Kier molecular flexibility index (Phi) is 10.1. The molecule has 0 fully saturated rings. The third kappa shape index (κ3) is 7.26. The number of fused-ring (bicyclic) bond motifs is 2. The van der Waals surface area contributed by atoms with E-state index in [9.17, 15) is 0 Å². The SMILES string of the molecule is C1=CC=CCCC(C2=CC=CC=CC=C(C3=CC=CC=CC=C(C4=CC=CC5C=CC=CC45)C4C=CC=CC34)CC2)=CC=C1. The molecule has 0 saturated carbocycles. The zero-order valence-corrected chi connectivity index (χ0v) is 25.5. The number of hydrogen-bond donors (Lipinski definition) is 0. The quantitative estimate of drug-likeness (QED) is 0.317. The smallest absolute Gasteiger partial charge is 0.0128 e. The van der Waals surface area contributed by atoms with Crippen LogP contribution in [0.5, 0.6) is 0 Å². The van der Waals surface area contributed by atoms with Gasteiger partial charge in [-0.1, -0.05) is 182 Å². The molecule has 0 N–H and O–H groups in total. The molecule has 0 spiro atoms. The lowest BCUT2D eigenvalue weighted by atomic mass is 9.68. The van der Waals surface area contributed by atoms with Crippen LogP contribution in [0.2, 0.25) is 0 Å². The van der Waals surface area contributed by atoms with E-state index < -0.39 is 0 Å². The van der Waals surface area contributed by atoms with Gasteiger partial charge in [-0.05, 0) is 59.1 Å². The van der Waals surface area contributed by atoms with Crippen molar-refractivity contribution in [1.82, 2.24) is 0 Å². The first-order valence-corrected chi connectivity index (χ1v) is 16.2. The molecule has 0 amide bonds. The molecule has 44 heavy (non-hydrogen) atoms. The molecule has 0 nitrogen and oxygen atoms in total. The highest BCUT2D eigenvalue weighted by Gasteiger charge is 2.33. The second-order valence-electron chi connectivity index (χ2n) is 11.8. The van der Waals surface area contributed by atoms with Crippen LogP contribution in [0.1, 0.15) is 25.7 Å². The van der Waals surface area contributed by atoms with Gasteiger partial charge in [0.2, 0.25) is 0 Å². The van der Waals surface area contributed by atoms with E-state index in [0.29, 0.717) is 11.8 Å². The van der Waals surface area contributed by atoms with Crippen molar-refractivity contribution in [2.45, 2.75) is 25.7 Å². The monoisotopic (exact) mass is 570 g/mol. The summed E-state index contributed by atoms with van der Waals surface area (Å²) in [6, 6.07) is 0. The predicted molar refractivity (Wildman–Crippen MR) is 191 cm³/mol. The maximum atomic E-state index is 2.42. The van der Waals surface area contributed by atoms with Crippen molar-refractivity contribution in [1.29, 1.82) is 0 Å². The van der Waals surface area contributed by atoms with E-state index in [4.69, 9.17) is 0 Å². The zero-order valence-electron chi connectivity index (χ0n) is 25.5. The van der Waals surface area contributed by atoms with Crippen LogP contribution in [0.25, 0.3) is 0 Å². The molecule has 0 bridgehead atoms. The minimum atomic E-state index is 0.244. The summed E-state index contributed by atoms with van der Waals surface area (Å²) in [6.45, 7) is 0. The van der Waals surface area contributed by atoms with E-state index in [1.807, 2.05) is 0 Å². The summed E-state index contributed by atoms with van der Waals surface area (Å²) in [5.41, 5.74) is 8.48. The van der Waals surface area contributed by atoms with Crippen LogP contribution in [0.4, 0.5) is 0 Å². The summed E-state index contributed by atoms with van der Waals surface area (Å²) in [6.07, 6.45) is 71.6. The van der Waals surface area contributed by atoms with Gasteiger partial charge in [-0.2, -0.15) is 0 Å². The van der Waals surface area contributed by atoms with Gasteiger partial charge in [-0.15, -0.1) is 0 Å². The highest BCUT2D eigenvalue weighted by Crippen LogP contribution is 2.44. The van der Waals surface area contributed by atoms with Gasteiger partial charge in [-0.25, -0.2) is 0 Å². The fraction of sp³-hybridized carbons (Fsp3) is 0.182. The first-order chi connectivity index (χ1) is 21.9. The maximum Gasteiger partial charge on any atom is 0.0128 e. The van der Waals surface area contributed by atoms with E-state index in [-0.39, 0.29) is 11.8 Å². The highest BCUT2D eigenvalue weighted by atomic mass is 14.4. The second-order valence-corrected chi connectivity index (χ2v) is 11.8. The Morgan fingerprint density at radius 2 is 0.773 bits per heavy atom. The van der Waals surface area contributed by atoms with Crippen LogP contribution in [-0.4, -0.2) is 0 Å². The Bertz CT molecular complexity index is 1640. The third-order valence-electron chi connectivity index (χ3n) is 9.05. The van der Waals surface area contributed by atoms with Crippen LogP contribution in [0, 0.1) is 23.7 Å². The van der Waals surface area contributed by atoms with Crippen molar-refractivity contribution in [3.8, 4) is 0 Å². The summed E-state index contributed by atoms with van der Waals surface area (Å²) in [5, 5.41) is 0. The lowest BCUT2D eigenvalue weighted by molar-refractivity contribution is 0.565. The molecule has 0 aromatic rings. The molecule has 0 heterocycles. The molecule has 218 valence electrons. The third-order valence-corrected chi connectivity index (χ3v) is 9.05. The standard InChI is InChI=1S/C44H42/c1-2-4-10-21-35(22-11-5-3-1)36-23-12-6-7-13-24-38(34-33-36)40-27-14-8-9-15-29-43(44-31-19-18-30-41(40)44)42-32-20-26-37-25-16-17-28-39(37)42/h1-10,12-21,23-32,37,39,41,44H,11,22,33-34H2. The lowest BCUT2D eigenvalue weighted by Crippen LogP contribution is -2.24. The first-order valence-electron chi connectivity index (χ1n) is 16.2.